The number of hydrogen-bond acceptors (Lipinski definition) is 6. The van der Waals surface area contributed by atoms with Crippen LogP contribution >= 0.6 is 0 Å². The number of aliphatic hydroxyl groups is 1. The molecule has 0 saturated heterocycles. The van der Waals surface area contributed by atoms with Gasteiger partial charge in [0.25, 0.3) is 0 Å². The highest BCUT2D eigenvalue weighted by molar-refractivity contribution is 5.97. The first-order chi connectivity index (χ1) is 9.03. The van der Waals surface area contributed by atoms with Gasteiger partial charge in [0.15, 0.2) is 0 Å². The lowest BCUT2D eigenvalue weighted by molar-refractivity contribution is 0.0602. The van der Waals surface area contributed by atoms with E-state index in [-0.39, 0.29) is 12.6 Å². The highest BCUT2D eigenvalue weighted by atomic mass is 16.5. The van der Waals surface area contributed by atoms with Crippen LogP contribution in [0.5, 0.6) is 0 Å². The monoisotopic (exact) mass is 268 g/mol. The Morgan fingerprint density at radius 1 is 1.47 bits per heavy atom. The second-order valence-corrected chi connectivity index (χ2v) is 4.23. The number of nitrogens with two attached hydrogens (primary N) is 1. The van der Waals surface area contributed by atoms with Gasteiger partial charge in [-0.15, -0.1) is 0 Å². The number of aryl methyl sites for hydroxylation is 1. The molecule has 0 aliphatic heterocycles. The van der Waals surface area contributed by atoms with Gasteiger partial charge in [0.2, 0.25) is 0 Å². The summed E-state index contributed by atoms with van der Waals surface area (Å²) in [5.41, 5.74) is 7.99. The topological polar surface area (TPSA) is 93.8 Å². The molecule has 106 valence electrons. The van der Waals surface area contributed by atoms with E-state index in [4.69, 9.17) is 10.5 Å². The molecule has 6 heteroatoms. The standard InChI is InChI=1S/C13H20N2O4/c1-8-4-9(15-10(6-16)7-18-2)5-11(12(8)14)13(17)19-3/h4-5,10,15-16H,6-7,14H2,1-3H3. The first-order valence-electron chi connectivity index (χ1n) is 5.88. The molecule has 1 rings (SSSR count). The van der Waals surface area contributed by atoms with Crippen molar-refractivity contribution in [2.75, 3.05) is 38.5 Å². The average molecular weight is 268 g/mol. The van der Waals surface area contributed by atoms with Crippen LogP contribution in [0.25, 0.3) is 0 Å². The summed E-state index contributed by atoms with van der Waals surface area (Å²) in [6, 6.07) is 3.16. The first kappa shape index (κ1) is 15.3. The number of ether oxygens (including phenoxy) is 2. The van der Waals surface area contributed by atoms with Crippen molar-refractivity contribution in [1.29, 1.82) is 0 Å². The molecule has 0 fully saturated rings. The van der Waals surface area contributed by atoms with Crippen LogP contribution in [0.1, 0.15) is 15.9 Å². The quantitative estimate of drug-likeness (QED) is 0.521. The molecule has 0 bridgehead atoms. The van der Waals surface area contributed by atoms with Crippen molar-refractivity contribution in [1.82, 2.24) is 0 Å². The second-order valence-electron chi connectivity index (χ2n) is 4.23. The van der Waals surface area contributed by atoms with Crippen molar-refractivity contribution in [3.8, 4) is 0 Å². The zero-order valence-electron chi connectivity index (χ0n) is 11.4. The lowest BCUT2D eigenvalue weighted by Crippen LogP contribution is -2.29. The van der Waals surface area contributed by atoms with Crippen LogP contribution in [0.2, 0.25) is 0 Å². The van der Waals surface area contributed by atoms with Crippen LogP contribution in [-0.4, -0.2) is 44.6 Å². The van der Waals surface area contributed by atoms with Gasteiger partial charge >= 0.3 is 5.97 Å². The van der Waals surface area contributed by atoms with Gasteiger partial charge in [-0.3, -0.25) is 0 Å². The van der Waals surface area contributed by atoms with E-state index in [2.05, 4.69) is 10.1 Å². The maximum atomic E-state index is 11.6. The third kappa shape index (κ3) is 3.84. The molecular formula is C13H20N2O4. The van der Waals surface area contributed by atoms with E-state index in [0.29, 0.717) is 23.5 Å². The number of carbonyl (C=O) groups is 1. The zero-order chi connectivity index (χ0) is 14.4. The van der Waals surface area contributed by atoms with Crippen molar-refractivity contribution in [2.45, 2.75) is 13.0 Å². The third-order valence-electron chi connectivity index (χ3n) is 2.75. The molecule has 0 saturated carbocycles. The summed E-state index contributed by atoms with van der Waals surface area (Å²) in [5, 5.41) is 12.3. The van der Waals surface area contributed by atoms with Gasteiger partial charge in [0.05, 0.1) is 31.9 Å². The number of nitrogens with one attached hydrogen (secondary N) is 1. The van der Waals surface area contributed by atoms with Crippen LogP contribution < -0.4 is 11.1 Å². The van der Waals surface area contributed by atoms with Crippen molar-refractivity contribution < 1.29 is 19.4 Å². The predicted molar refractivity (Wildman–Crippen MR) is 73.3 cm³/mol. The minimum Gasteiger partial charge on any atom is -0.465 e. The third-order valence-corrected chi connectivity index (χ3v) is 2.75. The van der Waals surface area contributed by atoms with Gasteiger partial charge in [-0.1, -0.05) is 0 Å². The summed E-state index contributed by atoms with van der Waals surface area (Å²) in [4.78, 5) is 11.6. The number of nitrogen functional groups attached to an aromatic ring is 1. The molecule has 1 aromatic carbocycles. The van der Waals surface area contributed by atoms with E-state index in [1.807, 2.05) is 0 Å². The molecule has 6 nitrogen and oxygen atoms in total. The van der Waals surface area contributed by atoms with E-state index in [1.165, 1.54) is 7.11 Å². The molecule has 0 spiro atoms. The SMILES string of the molecule is COCC(CO)Nc1cc(C)c(N)c(C(=O)OC)c1. The molecule has 19 heavy (non-hydrogen) atoms. The number of anilines is 2. The van der Waals surface area contributed by atoms with Crippen LogP contribution in [0, 0.1) is 6.92 Å². The van der Waals surface area contributed by atoms with Gasteiger partial charge in [0, 0.05) is 18.5 Å². The minimum atomic E-state index is -0.489. The molecule has 0 amide bonds. The predicted octanol–water partition coefficient (Wildman–Crippen LogP) is 0.783. The van der Waals surface area contributed by atoms with E-state index in [1.54, 1.807) is 26.2 Å². The normalized spacial score (nSPS) is 12.0. The van der Waals surface area contributed by atoms with Crippen LogP contribution in [0.4, 0.5) is 11.4 Å². The Morgan fingerprint density at radius 3 is 2.68 bits per heavy atom. The molecule has 1 unspecified atom stereocenters. The van der Waals surface area contributed by atoms with Gasteiger partial charge in [-0.2, -0.15) is 0 Å². The number of hydrogen-bond donors (Lipinski definition) is 3. The van der Waals surface area contributed by atoms with Crippen LogP contribution in [0.15, 0.2) is 12.1 Å². The van der Waals surface area contributed by atoms with E-state index < -0.39 is 5.97 Å². The number of carbonyl (C=O) groups excluding carboxylic acids is 1. The highest BCUT2D eigenvalue weighted by Crippen LogP contribution is 2.24. The number of aliphatic hydroxyl groups excluding tert-OH is 1. The summed E-state index contributed by atoms with van der Waals surface area (Å²) < 4.78 is 9.67. The van der Waals surface area contributed by atoms with Crippen LogP contribution in [0.3, 0.4) is 0 Å². The number of methoxy groups -OCH3 is 2. The van der Waals surface area contributed by atoms with Crippen molar-refractivity contribution in [3.05, 3.63) is 23.3 Å². The fourth-order valence-corrected chi connectivity index (χ4v) is 1.74. The Labute approximate surface area is 112 Å². The molecule has 0 aromatic heterocycles. The second kappa shape index (κ2) is 6.96. The Hall–Kier alpha value is -1.79. The number of rotatable bonds is 6. The van der Waals surface area contributed by atoms with E-state index >= 15 is 0 Å². The Balaban J connectivity index is 3.02. The Kier molecular flexibility index (Phi) is 5.59. The summed E-state index contributed by atoms with van der Waals surface area (Å²) in [7, 11) is 2.86. The fraction of sp³-hybridized carbons (Fsp3) is 0.462. The van der Waals surface area contributed by atoms with E-state index in [0.717, 1.165) is 5.56 Å². The smallest absolute Gasteiger partial charge is 0.340 e. The first-order valence-corrected chi connectivity index (χ1v) is 5.88. The molecule has 4 N–H and O–H groups in total. The zero-order valence-corrected chi connectivity index (χ0v) is 11.4. The van der Waals surface area contributed by atoms with Gasteiger partial charge in [-0.25, -0.2) is 4.79 Å². The molecule has 0 radical (unpaired) electrons. The minimum absolute atomic E-state index is 0.0786. The average Bonchev–Trinajstić information content (AvgIpc) is 2.41. The molecule has 0 aliphatic rings. The van der Waals surface area contributed by atoms with Crippen molar-refractivity contribution >= 4 is 17.3 Å². The maximum Gasteiger partial charge on any atom is 0.340 e. The van der Waals surface area contributed by atoms with E-state index in [9.17, 15) is 9.90 Å². The lowest BCUT2D eigenvalue weighted by atomic mass is 10.1. The summed E-state index contributed by atoms with van der Waals surface area (Å²) in [6.45, 7) is 2.08. The molecule has 0 aliphatic carbocycles. The van der Waals surface area contributed by atoms with Crippen molar-refractivity contribution in [3.63, 3.8) is 0 Å². The molecular weight excluding hydrogens is 248 g/mol. The van der Waals surface area contributed by atoms with Gasteiger partial charge < -0.3 is 25.6 Å². The summed E-state index contributed by atoms with van der Waals surface area (Å²) >= 11 is 0. The summed E-state index contributed by atoms with van der Waals surface area (Å²) in [6.07, 6.45) is 0. The van der Waals surface area contributed by atoms with Crippen LogP contribution in [-0.2, 0) is 9.47 Å². The van der Waals surface area contributed by atoms with Gasteiger partial charge in [-0.05, 0) is 24.6 Å². The summed E-state index contributed by atoms with van der Waals surface area (Å²) in [5.74, 6) is -0.489. The number of benzene rings is 1. The fourth-order valence-electron chi connectivity index (χ4n) is 1.74. The maximum absolute atomic E-state index is 11.6. The Bertz CT molecular complexity index is 449. The highest BCUT2D eigenvalue weighted by Gasteiger charge is 2.15. The molecule has 1 atom stereocenters. The van der Waals surface area contributed by atoms with Crippen molar-refractivity contribution in [2.24, 2.45) is 0 Å². The molecule has 1 aromatic rings. The molecule has 0 heterocycles. The Morgan fingerprint density at radius 2 is 2.16 bits per heavy atom. The largest absolute Gasteiger partial charge is 0.465 e. The van der Waals surface area contributed by atoms with Gasteiger partial charge in [0.1, 0.15) is 0 Å². The number of esters is 1. The lowest BCUT2D eigenvalue weighted by Gasteiger charge is -2.18.